The predicted molar refractivity (Wildman–Crippen MR) is 78.1 cm³/mol. The van der Waals surface area contributed by atoms with Crippen molar-refractivity contribution >= 4 is 34.9 Å². The summed E-state index contributed by atoms with van der Waals surface area (Å²) in [5.74, 6) is -0.550. The van der Waals surface area contributed by atoms with Crippen LogP contribution in [0.25, 0.3) is 16.7 Å². The van der Waals surface area contributed by atoms with Gasteiger partial charge in [0, 0.05) is 10.7 Å². The molecule has 0 aliphatic carbocycles. The minimum Gasteiger partial charge on any atom is -0.330 e. The first-order valence-corrected chi connectivity index (χ1v) is 6.49. The third-order valence-corrected chi connectivity index (χ3v) is 3.49. The normalized spacial score (nSPS) is 10.7. The second-order valence-corrected chi connectivity index (χ2v) is 5.03. The van der Waals surface area contributed by atoms with E-state index in [1.807, 2.05) is 12.1 Å². The molecule has 1 heterocycles. The van der Waals surface area contributed by atoms with E-state index >= 15 is 0 Å². The smallest absolute Gasteiger partial charge is 0.182 e. The molecule has 3 rings (SSSR count). The summed E-state index contributed by atoms with van der Waals surface area (Å²) in [5.41, 5.74) is 2.20. The average molecular weight is 304 g/mol. The lowest BCUT2D eigenvalue weighted by atomic mass is 10.2. The average Bonchev–Trinajstić information content (AvgIpc) is 2.74. The molecular weight excluding hydrogens is 297 g/mol. The van der Waals surface area contributed by atoms with Gasteiger partial charge in [-0.1, -0.05) is 11.6 Å². The van der Waals surface area contributed by atoms with E-state index in [0.29, 0.717) is 15.5 Å². The Labute approximate surface area is 123 Å². The van der Waals surface area contributed by atoms with Crippen molar-refractivity contribution in [2.75, 3.05) is 0 Å². The maximum atomic E-state index is 13.4. The number of nitrogens with one attached hydrogen (secondary N) is 1. The molecule has 0 radical (unpaired) electrons. The number of H-pyrrole nitrogens is 1. The summed E-state index contributed by atoms with van der Waals surface area (Å²) in [7, 11) is 0. The van der Waals surface area contributed by atoms with Crippen molar-refractivity contribution in [3.05, 3.63) is 57.6 Å². The van der Waals surface area contributed by atoms with E-state index in [0.717, 1.165) is 11.0 Å². The highest BCUT2D eigenvalue weighted by Crippen LogP contribution is 2.23. The monoisotopic (exact) mass is 303 g/mol. The summed E-state index contributed by atoms with van der Waals surface area (Å²) in [5, 5.41) is 9.50. The summed E-state index contributed by atoms with van der Waals surface area (Å²) in [6.07, 6.45) is 0. The first-order valence-electron chi connectivity index (χ1n) is 5.70. The van der Waals surface area contributed by atoms with Gasteiger partial charge in [0.05, 0.1) is 16.6 Å². The van der Waals surface area contributed by atoms with Crippen molar-refractivity contribution in [1.82, 2.24) is 9.55 Å². The Morgan fingerprint density at radius 1 is 1.25 bits per heavy atom. The van der Waals surface area contributed by atoms with Gasteiger partial charge in [0.1, 0.15) is 11.9 Å². The van der Waals surface area contributed by atoms with Gasteiger partial charge in [0.2, 0.25) is 0 Å². The number of nitriles is 1. The number of hydrogen-bond donors (Lipinski definition) is 1. The van der Waals surface area contributed by atoms with Gasteiger partial charge in [0.25, 0.3) is 0 Å². The zero-order valence-corrected chi connectivity index (χ0v) is 11.6. The molecule has 6 heteroatoms. The van der Waals surface area contributed by atoms with Gasteiger partial charge >= 0.3 is 0 Å². The molecule has 1 N–H and O–H groups in total. The number of nitrogens with zero attached hydrogens (tertiary/aromatic N) is 2. The first kappa shape index (κ1) is 12.9. The summed E-state index contributed by atoms with van der Waals surface area (Å²) in [6, 6.07) is 11.4. The lowest BCUT2D eigenvalue weighted by Gasteiger charge is -2.05. The molecule has 0 atom stereocenters. The summed E-state index contributed by atoms with van der Waals surface area (Å²) >= 11 is 11.2. The maximum absolute atomic E-state index is 13.4. The number of fused-ring (bicyclic) bond motifs is 1. The van der Waals surface area contributed by atoms with Gasteiger partial charge in [-0.15, -0.1) is 0 Å². The van der Waals surface area contributed by atoms with Crippen LogP contribution in [0, 0.1) is 21.9 Å². The number of hydrogen-bond acceptors (Lipinski definition) is 2. The van der Waals surface area contributed by atoms with Crippen LogP contribution in [0.3, 0.4) is 0 Å². The SMILES string of the molecule is N#Cc1cc(-n2c(=S)[nH]c3cc(Cl)ccc32)ccc1F. The van der Waals surface area contributed by atoms with E-state index in [9.17, 15) is 4.39 Å². The van der Waals surface area contributed by atoms with Crippen LogP contribution in [0.4, 0.5) is 4.39 Å². The standard InChI is InChI=1S/C14H7ClFN3S/c15-9-1-4-13-12(6-9)18-14(20)19(13)10-2-3-11(16)8(5-10)7-17/h1-6H,(H,18,20). The molecule has 0 unspecified atom stereocenters. The molecule has 0 aliphatic heterocycles. The van der Waals surface area contributed by atoms with Crippen LogP contribution >= 0.6 is 23.8 Å². The molecule has 2 aromatic carbocycles. The topological polar surface area (TPSA) is 44.5 Å². The Hall–Kier alpha value is -2.16. The molecular formula is C14H7ClFN3S. The highest BCUT2D eigenvalue weighted by Gasteiger charge is 2.09. The third kappa shape index (κ3) is 1.99. The molecule has 0 spiro atoms. The Morgan fingerprint density at radius 3 is 2.80 bits per heavy atom. The predicted octanol–water partition coefficient (Wildman–Crippen LogP) is 4.35. The number of aromatic nitrogens is 2. The second kappa shape index (κ2) is 4.75. The first-order chi connectivity index (χ1) is 9.60. The second-order valence-electron chi connectivity index (χ2n) is 4.20. The minimum atomic E-state index is -0.550. The number of benzene rings is 2. The highest BCUT2D eigenvalue weighted by molar-refractivity contribution is 7.71. The molecule has 3 nitrogen and oxygen atoms in total. The van der Waals surface area contributed by atoms with Crippen LogP contribution in [0.2, 0.25) is 5.02 Å². The largest absolute Gasteiger partial charge is 0.330 e. The van der Waals surface area contributed by atoms with Crippen molar-refractivity contribution in [2.24, 2.45) is 0 Å². The zero-order valence-electron chi connectivity index (χ0n) is 10.0. The van der Waals surface area contributed by atoms with Gasteiger partial charge in [0.15, 0.2) is 4.77 Å². The summed E-state index contributed by atoms with van der Waals surface area (Å²) in [4.78, 5) is 3.04. The third-order valence-electron chi connectivity index (χ3n) is 2.97. The van der Waals surface area contributed by atoms with Crippen LogP contribution in [0.1, 0.15) is 5.56 Å². The van der Waals surface area contributed by atoms with E-state index < -0.39 is 5.82 Å². The van der Waals surface area contributed by atoms with Crippen LogP contribution in [-0.2, 0) is 0 Å². The van der Waals surface area contributed by atoms with E-state index in [1.165, 1.54) is 12.1 Å². The van der Waals surface area contributed by atoms with Crippen molar-refractivity contribution in [1.29, 1.82) is 5.26 Å². The van der Waals surface area contributed by atoms with Gasteiger partial charge in [-0.05, 0) is 48.6 Å². The number of halogens is 2. The van der Waals surface area contributed by atoms with Crippen molar-refractivity contribution in [3.63, 3.8) is 0 Å². The lowest BCUT2D eigenvalue weighted by molar-refractivity contribution is 0.623. The fourth-order valence-electron chi connectivity index (χ4n) is 2.08. The maximum Gasteiger partial charge on any atom is 0.182 e. The van der Waals surface area contributed by atoms with Crippen LogP contribution in [0.5, 0.6) is 0 Å². The Balaban J connectivity index is 2.33. The van der Waals surface area contributed by atoms with Crippen molar-refractivity contribution in [3.8, 4) is 11.8 Å². The molecule has 0 bridgehead atoms. The van der Waals surface area contributed by atoms with E-state index in [2.05, 4.69) is 4.98 Å². The van der Waals surface area contributed by atoms with Crippen LogP contribution < -0.4 is 0 Å². The molecule has 20 heavy (non-hydrogen) atoms. The summed E-state index contributed by atoms with van der Waals surface area (Å²) < 4.78 is 15.6. The van der Waals surface area contributed by atoms with E-state index in [1.54, 1.807) is 22.8 Å². The quantitative estimate of drug-likeness (QED) is 0.679. The molecule has 0 saturated heterocycles. The fourth-order valence-corrected chi connectivity index (χ4v) is 2.56. The molecule has 0 aliphatic rings. The number of aromatic amines is 1. The minimum absolute atomic E-state index is 0.0206. The fraction of sp³-hybridized carbons (Fsp3) is 0. The molecule has 0 fully saturated rings. The Morgan fingerprint density at radius 2 is 2.05 bits per heavy atom. The Bertz CT molecular complexity index is 920. The molecule has 98 valence electrons. The Kier molecular flexibility index (Phi) is 3.05. The van der Waals surface area contributed by atoms with Gasteiger partial charge in [-0.3, -0.25) is 4.57 Å². The molecule has 3 aromatic rings. The molecule has 0 saturated carbocycles. The number of imidazole rings is 1. The van der Waals surface area contributed by atoms with E-state index in [4.69, 9.17) is 29.1 Å². The zero-order chi connectivity index (χ0) is 14.3. The number of rotatable bonds is 1. The van der Waals surface area contributed by atoms with E-state index in [-0.39, 0.29) is 5.56 Å². The van der Waals surface area contributed by atoms with Crippen molar-refractivity contribution in [2.45, 2.75) is 0 Å². The highest BCUT2D eigenvalue weighted by atomic mass is 35.5. The van der Waals surface area contributed by atoms with Crippen molar-refractivity contribution < 1.29 is 4.39 Å². The molecule has 0 amide bonds. The van der Waals surface area contributed by atoms with Gasteiger partial charge in [-0.2, -0.15) is 5.26 Å². The van der Waals surface area contributed by atoms with Crippen LogP contribution in [-0.4, -0.2) is 9.55 Å². The van der Waals surface area contributed by atoms with Gasteiger partial charge in [-0.25, -0.2) is 4.39 Å². The van der Waals surface area contributed by atoms with Crippen LogP contribution in [0.15, 0.2) is 36.4 Å². The summed E-state index contributed by atoms with van der Waals surface area (Å²) in [6.45, 7) is 0. The molecule has 1 aromatic heterocycles. The lowest BCUT2D eigenvalue weighted by Crippen LogP contribution is -1.96. The van der Waals surface area contributed by atoms with Gasteiger partial charge < -0.3 is 4.98 Å².